The van der Waals surface area contributed by atoms with Crippen molar-refractivity contribution in [3.63, 3.8) is 0 Å². The standard InChI is InChI=1S/C34H31N2O.C11H8N.Ir/c1-22(2)26-13-10-14-27(23(3)4)33(26)36-31-16-9-8-15-30(31)35-34(36)29-21-37-32-18-17-25(20-28(29)32)19-24-11-6-5-7-12-24;1-2-6-10(7-3-1)11-8-4-5-9-12-11;/h5-18,20,22-23H,19H2,1-4H3;1-6,8-9H;/q2*-1;/i19D2;;. The van der Waals surface area contributed by atoms with Gasteiger partial charge in [-0.25, -0.2) is 0 Å². The van der Waals surface area contributed by atoms with Gasteiger partial charge in [-0.3, -0.25) is 4.98 Å². The monoisotopic (exact) mass is 832 g/mol. The summed E-state index contributed by atoms with van der Waals surface area (Å²) in [4.78, 5) is 9.33. The van der Waals surface area contributed by atoms with Crippen LogP contribution in [0.4, 0.5) is 0 Å². The quantitative estimate of drug-likeness (QED) is 0.150. The summed E-state index contributed by atoms with van der Waals surface area (Å²) in [5, 5.41) is 0.789. The minimum Gasteiger partial charge on any atom is -0.557 e. The van der Waals surface area contributed by atoms with Gasteiger partial charge in [0.2, 0.25) is 0 Å². The molecule has 0 spiro atoms. The molecule has 8 aromatic rings. The van der Waals surface area contributed by atoms with E-state index in [-0.39, 0.29) is 20.1 Å². The number of benzene rings is 5. The summed E-state index contributed by atoms with van der Waals surface area (Å²) in [6.07, 6.45) is 3.26. The number of furan rings is 1. The van der Waals surface area contributed by atoms with Gasteiger partial charge in [-0.05, 0) is 58.8 Å². The first-order valence-electron chi connectivity index (χ1n) is 17.7. The molecule has 3 aromatic heterocycles. The second kappa shape index (κ2) is 15.6. The molecule has 0 fully saturated rings. The van der Waals surface area contributed by atoms with Gasteiger partial charge in [-0.1, -0.05) is 135 Å². The zero-order valence-corrected chi connectivity index (χ0v) is 30.9. The summed E-state index contributed by atoms with van der Waals surface area (Å²) in [6, 6.07) is 46.3. The van der Waals surface area contributed by atoms with Crippen LogP contribution >= 0.6 is 0 Å². The van der Waals surface area contributed by atoms with Crippen LogP contribution in [-0.2, 0) is 26.5 Å². The second-order valence-electron chi connectivity index (χ2n) is 12.6. The number of hydrogen-bond donors (Lipinski definition) is 0. The van der Waals surface area contributed by atoms with Crippen LogP contribution in [0, 0.1) is 12.3 Å². The van der Waals surface area contributed by atoms with Crippen molar-refractivity contribution < 1.29 is 27.3 Å². The van der Waals surface area contributed by atoms with Crippen LogP contribution in [0.5, 0.6) is 0 Å². The fraction of sp³-hybridized carbons (Fsp3) is 0.156. The van der Waals surface area contributed by atoms with Crippen molar-refractivity contribution in [1.82, 2.24) is 14.5 Å². The fourth-order valence-electron chi connectivity index (χ4n) is 6.17. The molecular weight excluding hydrogens is 791 g/mol. The van der Waals surface area contributed by atoms with Gasteiger partial charge in [0, 0.05) is 46.6 Å². The molecule has 0 saturated carbocycles. The van der Waals surface area contributed by atoms with E-state index in [1.54, 1.807) is 12.3 Å². The third-order valence-corrected chi connectivity index (χ3v) is 8.57. The topological polar surface area (TPSA) is 43.9 Å². The van der Waals surface area contributed by atoms with Gasteiger partial charge < -0.3 is 14.0 Å². The normalized spacial score (nSPS) is 12.0. The van der Waals surface area contributed by atoms with Crippen LogP contribution in [0.2, 0.25) is 0 Å². The molecule has 0 aliphatic heterocycles. The van der Waals surface area contributed by atoms with Crippen LogP contribution < -0.4 is 0 Å². The molecule has 3 heterocycles. The van der Waals surface area contributed by atoms with Gasteiger partial charge in [-0.2, -0.15) is 0 Å². The van der Waals surface area contributed by atoms with E-state index in [4.69, 9.17) is 12.1 Å². The maximum Gasteiger partial charge on any atom is 0.0774 e. The van der Waals surface area contributed by atoms with E-state index in [1.165, 1.54) is 11.1 Å². The average molecular weight is 832 g/mol. The largest absolute Gasteiger partial charge is 0.557 e. The maximum absolute atomic E-state index is 8.93. The predicted octanol–water partition coefficient (Wildman–Crippen LogP) is 11.6. The third-order valence-electron chi connectivity index (χ3n) is 8.57. The molecule has 0 amide bonds. The molecule has 4 nitrogen and oxygen atoms in total. The van der Waals surface area contributed by atoms with Crippen LogP contribution in [0.3, 0.4) is 0 Å². The molecule has 8 rings (SSSR count). The fourth-order valence-corrected chi connectivity index (χ4v) is 6.17. The van der Waals surface area contributed by atoms with E-state index in [1.807, 2.05) is 103 Å². The molecule has 5 heteroatoms. The molecule has 251 valence electrons. The molecule has 1 radical (unpaired) electrons. The number of imidazole rings is 1. The number of para-hydroxylation sites is 3. The van der Waals surface area contributed by atoms with Crippen LogP contribution in [0.15, 0.2) is 144 Å². The first-order valence-corrected chi connectivity index (χ1v) is 16.7. The Morgan fingerprint density at radius 3 is 2.16 bits per heavy atom. The number of rotatable bonds is 7. The molecule has 50 heavy (non-hydrogen) atoms. The maximum atomic E-state index is 8.93. The minimum absolute atomic E-state index is 0. The first-order chi connectivity index (χ1) is 24.7. The van der Waals surface area contributed by atoms with Gasteiger partial charge >= 0.3 is 0 Å². The Balaban J connectivity index is 0.000000302. The zero-order valence-electron chi connectivity index (χ0n) is 30.5. The van der Waals surface area contributed by atoms with E-state index in [0.29, 0.717) is 28.5 Å². The summed E-state index contributed by atoms with van der Waals surface area (Å²) >= 11 is 0. The van der Waals surface area contributed by atoms with E-state index in [2.05, 4.69) is 73.8 Å². The molecule has 5 aromatic carbocycles. The molecule has 0 atom stereocenters. The summed E-state index contributed by atoms with van der Waals surface area (Å²) in [5.74, 6) is 1.35. The van der Waals surface area contributed by atoms with Gasteiger partial charge in [0.05, 0.1) is 16.9 Å². The number of aromatic nitrogens is 3. The summed E-state index contributed by atoms with van der Waals surface area (Å²) in [6.45, 7) is 8.89. The summed E-state index contributed by atoms with van der Waals surface area (Å²) < 4.78 is 26.0. The van der Waals surface area contributed by atoms with Crippen molar-refractivity contribution in [1.29, 1.82) is 0 Å². The van der Waals surface area contributed by atoms with Crippen LogP contribution in [0.25, 0.3) is 50.3 Å². The van der Waals surface area contributed by atoms with E-state index < -0.39 is 6.37 Å². The Hall–Kier alpha value is -5.09. The van der Waals surface area contributed by atoms with Crippen molar-refractivity contribution in [2.24, 2.45) is 0 Å². The van der Waals surface area contributed by atoms with Gasteiger partial charge in [0.25, 0.3) is 0 Å². The number of fused-ring (bicyclic) bond motifs is 2. The number of hydrogen-bond acceptors (Lipinski definition) is 3. The van der Waals surface area contributed by atoms with E-state index >= 15 is 0 Å². The predicted molar refractivity (Wildman–Crippen MR) is 201 cm³/mol. The molecular formula is C45H39IrN3O-2. The first kappa shape index (κ1) is 32.1. The van der Waals surface area contributed by atoms with E-state index in [9.17, 15) is 0 Å². The van der Waals surface area contributed by atoms with Crippen molar-refractivity contribution in [3.05, 3.63) is 174 Å². The molecule has 0 unspecified atom stereocenters. The Morgan fingerprint density at radius 2 is 1.46 bits per heavy atom. The van der Waals surface area contributed by atoms with Crippen LogP contribution in [-0.4, -0.2) is 14.5 Å². The average Bonchev–Trinajstić information content (AvgIpc) is 3.77. The summed E-state index contributed by atoms with van der Waals surface area (Å²) in [7, 11) is 0. The Bertz CT molecular complexity index is 2340. The Labute approximate surface area is 311 Å². The SMILES string of the molecule is [2H]C([2H])(c1ccccc1)c1ccc2o[c-]c(-c3nc4ccccc4n3-c3c(C(C)C)cccc3C(C)C)c2c1.[Ir].[c-]1ccccc1-c1ccccn1. The smallest absolute Gasteiger partial charge is 0.0774 e. The van der Waals surface area contributed by atoms with Crippen molar-refractivity contribution in [2.45, 2.75) is 45.9 Å². The van der Waals surface area contributed by atoms with Gasteiger partial charge in [0.1, 0.15) is 0 Å². The molecule has 0 saturated heterocycles. The minimum atomic E-state index is -1.67. The molecule has 0 N–H and O–H groups in total. The number of nitrogens with zero attached hydrogens (tertiary/aromatic N) is 3. The Kier molecular flexibility index (Phi) is 10.0. The van der Waals surface area contributed by atoms with Crippen LogP contribution in [0.1, 0.15) is 64.5 Å². The second-order valence-corrected chi connectivity index (χ2v) is 12.6. The Morgan fingerprint density at radius 1 is 0.740 bits per heavy atom. The third kappa shape index (κ3) is 7.26. The van der Waals surface area contributed by atoms with Crippen molar-refractivity contribution in [3.8, 4) is 28.3 Å². The molecule has 0 aliphatic rings. The molecule has 0 aliphatic carbocycles. The van der Waals surface area contributed by atoms with Crippen molar-refractivity contribution in [2.75, 3.05) is 0 Å². The molecule has 0 bridgehead atoms. The van der Waals surface area contributed by atoms with Gasteiger partial charge in [0.15, 0.2) is 0 Å². The zero-order chi connectivity index (χ0) is 35.5. The van der Waals surface area contributed by atoms with Gasteiger partial charge in [-0.15, -0.1) is 35.9 Å². The number of pyridine rings is 1. The summed E-state index contributed by atoms with van der Waals surface area (Å²) in [5.41, 5.74) is 10.1. The van der Waals surface area contributed by atoms with Crippen molar-refractivity contribution >= 4 is 22.0 Å². The van der Waals surface area contributed by atoms with E-state index in [0.717, 1.165) is 44.8 Å².